The molecule has 1 aromatic rings. The Morgan fingerprint density at radius 1 is 1.00 bits per heavy atom. The summed E-state index contributed by atoms with van der Waals surface area (Å²) in [7, 11) is 0. The van der Waals surface area contributed by atoms with Crippen molar-refractivity contribution in [2.75, 3.05) is 32.7 Å². The molecule has 5 nitrogen and oxygen atoms in total. The summed E-state index contributed by atoms with van der Waals surface area (Å²) in [5.74, 6) is -1.86. The summed E-state index contributed by atoms with van der Waals surface area (Å²) in [5, 5.41) is 9.37. The average molecular weight is 354 g/mol. The van der Waals surface area contributed by atoms with Crippen LogP contribution in [0.4, 0.5) is 0 Å². The smallest absolute Gasteiger partial charge is 0.307 e. The van der Waals surface area contributed by atoms with Crippen molar-refractivity contribution in [2.24, 2.45) is 11.8 Å². The van der Waals surface area contributed by atoms with Crippen LogP contribution in [0.15, 0.2) is 48.6 Å². The summed E-state index contributed by atoms with van der Waals surface area (Å²) >= 11 is 0. The molecule has 0 aromatic heterocycles. The van der Waals surface area contributed by atoms with Crippen LogP contribution >= 0.6 is 0 Å². The first-order valence-electron chi connectivity index (χ1n) is 9.25. The van der Waals surface area contributed by atoms with Gasteiger partial charge in [-0.2, -0.15) is 0 Å². The van der Waals surface area contributed by atoms with E-state index in [4.69, 9.17) is 0 Å². The second-order valence-electron chi connectivity index (χ2n) is 6.93. The van der Waals surface area contributed by atoms with Crippen LogP contribution in [0.2, 0.25) is 0 Å². The van der Waals surface area contributed by atoms with Gasteiger partial charge in [0, 0.05) is 32.7 Å². The number of hydrogen-bond acceptors (Lipinski definition) is 3. The highest BCUT2D eigenvalue weighted by Gasteiger charge is 2.37. The molecule has 0 bridgehead atoms. The Kier molecular flexibility index (Phi) is 6.23. The molecular formula is C21H26N2O3. The van der Waals surface area contributed by atoms with Gasteiger partial charge in [0.25, 0.3) is 0 Å². The SMILES string of the molecule is O=C(O)[C@H]1CC=CC[C@@H]1C(=O)N1CCN(C/C=C/c2ccccc2)CC1. The van der Waals surface area contributed by atoms with Crippen molar-refractivity contribution in [3.8, 4) is 0 Å². The molecule has 2 aliphatic rings. The van der Waals surface area contributed by atoms with Gasteiger partial charge in [-0.15, -0.1) is 0 Å². The summed E-state index contributed by atoms with van der Waals surface area (Å²) in [6, 6.07) is 10.2. The topological polar surface area (TPSA) is 60.9 Å². The van der Waals surface area contributed by atoms with Crippen molar-refractivity contribution in [1.29, 1.82) is 0 Å². The highest BCUT2D eigenvalue weighted by Crippen LogP contribution is 2.28. The minimum atomic E-state index is -0.864. The van der Waals surface area contributed by atoms with E-state index >= 15 is 0 Å². The summed E-state index contributed by atoms with van der Waals surface area (Å²) < 4.78 is 0. The van der Waals surface area contributed by atoms with E-state index in [1.54, 1.807) is 0 Å². The lowest BCUT2D eigenvalue weighted by Crippen LogP contribution is -2.51. The quantitative estimate of drug-likeness (QED) is 0.826. The highest BCUT2D eigenvalue weighted by molar-refractivity contribution is 5.85. The monoisotopic (exact) mass is 354 g/mol. The normalized spacial score (nSPS) is 24.1. The fourth-order valence-corrected chi connectivity index (χ4v) is 3.65. The maximum Gasteiger partial charge on any atom is 0.307 e. The van der Waals surface area contributed by atoms with Crippen LogP contribution < -0.4 is 0 Å². The van der Waals surface area contributed by atoms with Crippen LogP contribution in [0.25, 0.3) is 6.08 Å². The number of rotatable bonds is 5. The largest absolute Gasteiger partial charge is 0.481 e. The van der Waals surface area contributed by atoms with E-state index in [9.17, 15) is 14.7 Å². The first kappa shape index (κ1) is 18.4. The number of aliphatic carboxylic acids is 1. The van der Waals surface area contributed by atoms with E-state index in [-0.39, 0.29) is 5.91 Å². The molecule has 5 heteroatoms. The fraction of sp³-hybridized carbons (Fsp3) is 0.429. The van der Waals surface area contributed by atoms with Gasteiger partial charge in [0.1, 0.15) is 0 Å². The summed E-state index contributed by atoms with van der Waals surface area (Å²) in [6.07, 6.45) is 9.07. The number of benzene rings is 1. The number of carbonyl (C=O) groups excluding carboxylic acids is 1. The highest BCUT2D eigenvalue weighted by atomic mass is 16.4. The van der Waals surface area contributed by atoms with Crippen molar-refractivity contribution in [3.05, 3.63) is 54.1 Å². The predicted molar refractivity (Wildman–Crippen MR) is 101 cm³/mol. The summed E-state index contributed by atoms with van der Waals surface area (Å²) in [6.45, 7) is 3.85. The van der Waals surface area contributed by atoms with Gasteiger partial charge < -0.3 is 10.0 Å². The van der Waals surface area contributed by atoms with Crippen LogP contribution in [0.3, 0.4) is 0 Å². The van der Waals surface area contributed by atoms with E-state index in [0.29, 0.717) is 25.9 Å². The third kappa shape index (κ3) is 4.61. The van der Waals surface area contributed by atoms with Crippen molar-refractivity contribution in [3.63, 3.8) is 0 Å². The Balaban J connectivity index is 1.48. The maximum absolute atomic E-state index is 12.8. The van der Waals surface area contributed by atoms with E-state index in [1.807, 2.05) is 35.3 Å². The molecule has 26 heavy (non-hydrogen) atoms. The first-order valence-corrected chi connectivity index (χ1v) is 9.25. The lowest BCUT2D eigenvalue weighted by molar-refractivity contribution is -0.151. The molecular weight excluding hydrogens is 328 g/mol. The van der Waals surface area contributed by atoms with Gasteiger partial charge in [-0.1, -0.05) is 54.6 Å². The van der Waals surface area contributed by atoms with Crippen molar-refractivity contribution in [1.82, 2.24) is 9.80 Å². The van der Waals surface area contributed by atoms with Gasteiger partial charge >= 0.3 is 5.97 Å². The number of carboxylic acids is 1. The zero-order chi connectivity index (χ0) is 18.4. The second-order valence-corrected chi connectivity index (χ2v) is 6.93. The predicted octanol–water partition coefficient (Wildman–Crippen LogP) is 2.51. The molecule has 1 aromatic carbocycles. The summed E-state index contributed by atoms with van der Waals surface area (Å²) in [4.78, 5) is 28.4. The lowest BCUT2D eigenvalue weighted by Gasteiger charge is -2.37. The molecule has 2 atom stereocenters. The van der Waals surface area contributed by atoms with Crippen LogP contribution in [0, 0.1) is 11.8 Å². The molecule has 1 N–H and O–H groups in total. The Morgan fingerprint density at radius 2 is 1.65 bits per heavy atom. The molecule has 1 aliphatic heterocycles. The Bertz CT molecular complexity index is 676. The number of carbonyl (C=O) groups is 2. The van der Waals surface area contributed by atoms with Gasteiger partial charge in [-0.05, 0) is 18.4 Å². The van der Waals surface area contributed by atoms with Gasteiger partial charge in [0.2, 0.25) is 5.91 Å². The number of allylic oxidation sites excluding steroid dienone is 2. The van der Waals surface area contributed by atoms with E-state index in [1.165, 1.54) is 5.56 Å². The van der Waals surface area contributed by atoms with Gasteiger partial charge in [0.05, 0.1) is 11.8 Å². The molecule has 0 radical (unpaired) electrons. The molecule has 3 rings (SSSR count). The van der Waals surface area contributed by atoms with Crippen LogP contribution in [-0.4, -0.2) is 59.5 Å². The number of amides is 1. The van der Waals surface area contributed by atoms with Gasteiger partial charge in [-0.25, -0.2) is 0 Å². The van der Waals surface area contributed by atoms with Crippen molar-refractivity contribution >= 4 is 18.0 Å². The fourth-order valence-electron chi connectivity index (χ4n) is 3.65. The third-order valence-electron chi connectivity index (χ3n) is 5.22. The number of nitrogens with zero attached hydrogens (tertiary/aromatic N) is 2. The average Bonchev–Trinajstić information content (AvgIpc) is 2.69. The van der Waals surface area contributed by atoms with Crippen LogP contribution in [0.5, 0.6) is 0 Å². The van der Waals surface area contributed by atoms with Gasteiger partial charge in [0.15, 0.2) is 0 Å². The van der Waals surface area contributed by atoms with E-state index < -0.39 is 17.8 Å². The first-order chi connectivity index (χ1) is 12.6. The minimum Gasteiger partial charge on any atom is -0.481 e. The molecule has 1 heterocycles. The molecule has 0 unspecified atom stereocenters. The standard InChI is InChI=1S/C21H26N2O3/c24-20(18-10-4-5-11-19(18)21(25)26)23-15-13-22(14-16-23)12-6-9-17-7-2-1-3-8-17/h1-9,18-19H,10-16H2,(H,25,26)/b9-6+/t18-,19-/m0/s1. The Labute approximate surface area is 154 Å². The molecule has 138 valence electrons. The van der Waals surface area contributed by atoms with E-state index in [0.717, 1.165) is 19.6 Å². The minimum absolute atomic E-state index is 0.00114. The Morgan fingerprint density at radius 3 is 2.31 bits per heavy atom. The number of carboxylic acid groups (broad SMARTS) is 1. The molecule has 1 amide bonds. The van der Waals surface area contributed by atoms with Crippen molar-refractivity contribution < 1.29 is 14.7 Å². The number of piperazine rings is 1. The third-order valence-corrected chi connectivity index (χ3v) is 5.22. The molecule has 1 aliphatic carbocycles. The van der Waals surface area contributed by atoms with Crippen LogP contribution in [0.1, 0.15) is 18.4 Å². The van der Waals surface area contributed by atoms with Crippen LogP contribution in [-0.2, 0) is 9.59 Å². The van der Waals surface area contributed by atoms with E-state index in [2.05, 4.69) is 29.2 Å². The molecule has 0 spiro atoms. The molecule has 1 saturated heterocycles. The Hall–Kier alpha value is -2.40. The molecule has 0 saturated carbocycles. The number of hydrogen-bond donors (Lipinski definition) is 1. The zero-order valence-corrected chi connectivity index (χ0v) is 15.0. The zero-order valence-electron chi connectivity index (χ0n) is 15.0. The van der Waals surface area contributed by atoms with Crippen molar-refractivity contribution in [2.45, 2.75) is 12.8 Å². The summed E-state index contributed by atoms with van der Waals surface area (Å²) in [5.41, 5.74) is 1.19. The maximum atomic E-state index is 12.8. The lowest BCUT2D eigenvalue weighted by atomic mass is 9.82. The van der Waals surface area contributed by atoms with Gasteiger partial charge in [-0.3, -0.25) is 14.5 Å². The molecule has 1 fully saturated rings. The second kappa shape index (κ2) is 8.81.